The van der Waals surface area contributed by atoms with E-state index in [2.05, 4.69) is 5.32 Å². The van der Waals surface area contributed by atoms with E-state index in [1.807, 2.05) is 12.1 Å². The molecule has 0 spiro atoms. The SMILES string of the molecule is O=C([O-])CC[C@@H](NC(=O)CCCCCCCCCc1ccc(O)cc1)C(=O)NO.[Na+]. The van der Waals surface area contributed by atoms with Gasteiger partial charge in [0.25, 0.3) is 5.91 Å². The summed E-state index contributed by atoms with van der Waals surface area (Å²) in [7, 11) is 0. The first-order valence-electron chi connectivity index (χ1n) is 10.1. The van der Waals surface area contributed by atoms with Crippen molar-refractivity contribution >= 4 is 17.8 Å². The summed E-state index contributed by atoms with van der Waals surface area (Å²) in [5.74, 6) is -2.22. The summed E-state index contributed by atoms with van der Waals surface area (Å²) in [4.78, 5) is 33.9. The van der Waals surface area contributed by atoms with E-state index in [0.717, 1.165) is 44.9 Å². The third-order valence-corrected chi connectivity index (χ3v) is 4.70. The number of phenolic OH excluding ortho intramolecular Hbond substituents is 1. The van der Waals surface area contributed by atoms with E-state index < -0.39 is 17.9 Å². The predicted octanol–water partition coefficient (Wildman–Crippen LogP) is -1.42. The summed E-state index contributed by atoms with van der Waals surface area (Å²) >= 11 is 0. The maximum absolute atomic E-state index is 11.9. The van der Waals surface area contributed by atoms with E-state index in [9.17, 15) is 24.6 Å². The Bertz CT molecular complexity index is 639. The van der Waals surface area contributed by atoms with Crippen LogP contribution in [-0.2, 0) is 20.8 Å². The molecule has 1 aromatic carbocycles. The molecule has 2 amide bonds. The standard InChI is InChI=1S/C21H32N2O6.Na/c24-17-12-10-16(11-13-17)8-6-4-2-1-3-5-7-9-19(25)22-18(21(28)23-29)14-15-20(26)27;/h10-13,18,24,29H,1-9,14-15H2,(H,22,25)(H,23,28)(H,26,27);/q;+1/p-1/t18-;/m1./s1. The fourth-order valence-electron chi connectivity index (χ4n) is 3.04. The first-order chi connectivity index (χ1) is 13.9. The first-order valence-corrected chi connectivity index (χ1v) is 10.1. The van der Waals surface area contributed by atoms with Crippen molar-refractivity contribution in [3.05, 3.63) is 29.8 Å². The number of nitrogens with one attached hydrogen (secondary N) is 2. The number of phenols is 1. The van der Waals surface area contributed by atoms with Gasteiger partial charge in [0.2, 0.25) is 5.91 Å². The Labute approximate surface area is 199 Å². The maximum Gasteiger partial charge on any atom is 1.00 e. The van der Waals surface area contributed by atoms with Crippen LogP contribution in [0.2, 0.25) is 0 Å². The number of carbonyl (C=O) groups is 3. The van der Waals surface area contributed by atoms with E-state index >= 15 is 0 Å². The Morgan fingerprint density at radius 2 is 1.47 bits per heavy atom. The molecule has 0 fully saturated rings. The number of hydroxylamine groups is 1. The molecule has 1 rings (SSSR count). The summed E-state index contributed by atoms with van der Waals surface area (Å²) in [6.07, 6.45) is 7.82. The number of carbonyl (C=O) groups excluding carboxylic acids is 3. The molecule has 8 nitrogen and oxygen atoms in total. The molecule has 0 saturated heterocycles. The number of aryl methyl sites for hydroxylation is 1. The minimum Gasteiger partial charge on any atom is -0.550 e. The summed E-state index contributed by atoms with van der Waals surface area (Å²) in [6, 6.07) is 6.20. The third-order valence-electron chi connectivity index (χ3n) is 4.70. The molecular formula is C21H31N2NaO6. The zero-order valence-corrected chi connectivity index (χ0v) is 19.7. The van der Waals surface area contributed by atoms with Gasteiger partial charge in [0.15, 0.2) is 0 Å². The zero-order chi connectivity index (χ0) is 21.5. The molecule has 0 aliphatic heterocycles. The van der Waals surface area contributed by atoms with Crippen molar-refractivity contribution in [2.75, 3.05) is 0 Å². The van der Waals surface area contributed by atoms with Crippen LogP contribution >= 0.6 is 0 Å². The third kappa shape index (κ3) is 13.6. The fourth-order valence-corrected chi connectivity index (χ4v) is 3.04. The van der Waals surface area contributed by atoms with Crippen LogP contribution in [0.5, 0.6) is 5.75 Å². The molecule has 30 heavy (non-hydrogen) atoms. The Balaban J connectivity index is 0.00000841. The second-order valence-corrected chi connectivity index (χ2v) is 7.15. The van der Waals surface area contributed by atoms with Crippen LogP contribution in [-0.4, -0.2) is 34.1 Å². The summed E-state index contributed by atoms with van der Waals surface area (Å²) in [5.41, 5.74) is 2.65. The van der Waals surface area contributed by atoms with Gasteiger partial charge in [-0.25, -0.2) is 5.48 Å². The fraction of sp³-hybridized carbons (Fsp3) is 0.571. The molecule has 0 bridgehead atoms. The number of benzene rings is 1. The second-order valence-electron chi connectivity index (χ2n) is 7.15. The Morgan fingerprint density at radius 3 is 2.03 bits per heavy atom. The zero-order valence-electron chi connectivity index (χ0n) is 17.7. The summed E-state index contributed by atoms with van der Waals surface area (Å²) in [5, 5.41) is 30.9. The van der Waals surface area contributed by atoms with Crippen molar-refractivity contribution in [1.82, 2.24) is 10.8 Å². The van der Waals surface area contributed by atoms with Gasteiger partial charge in [0.05, 0.1) is 0 Å². The molecule has 0 radical (unpaired) electrons. The van der Waals surface area contributed by atoms with Crippen LogP contribution in [0.4, 0.5) is 0 Å². The number of aromatic hydroxyl groups is 1. The van der Waals surface area contributed by atoms with Gasteiger partial charge in [0.1, 0.15) is 11.8 Å². The molecule has 162 valence electrons. The number of aliphatic carboxylic acids is 1. The smallest absolute Gasteiger partial charge is 0.550 e. The van der Waals surface area contributed by atoms with Gasteiger partial charge in [-0.2, -0.15) is 0 Å². The van der Waals surface area contributed by atoms with Gasteiger partial charge in [-0.05, 0) is 49.8 Å². The number of amides is 2. The van der Waals surface area contributed by atoms with Crippen molar-refractivity contribution in [1.29, 1.82) is 0 Å². The molecule has 0 heterocycles. The maximum atomic E-state index is 11.9. The van der Waals surface area contributed by atoms with Gasteiger partial charge in [-0.1, -0.05) is 44.2 Å². The normalized spacial score (nSPS) is 11.2. The predicted molar refractivity (Wildman–Crippen MR) is 105 cm³/mol. The first kappa shape index (κ1) is 28.4. The Hall–Kier alpha value is -1.61. The number of carboxylic acids is 1. The van der Waals surface area contributed by atoms with Gasteiger partial charge in [0, 0.05) is 12.4 Å². The monoisotopic (exact) mass is 430 g/mol. The van der Waals surface area contributed by atoms with Crippen LogP contribution in [0.1, 0.15) is 69.8 Å². The molecular weight excluding hydrogens is 399 g/mol. The van der Waals surface area contributed by atoms with Crippen LogP contribution < -0.4 is 45.5 Å². The van der Waals surface area contributed by atoms with Gasteiger partial charge in [-0.15, -0.1) is 0 Å². The van der Waals surface area contributed by atoms with E-state index in [1.54, 1.807) is 12.1 Å². The van der Waals surface area contributed by atoms with E-state index in [0.29, 0.717) is 6.42 Å². The topological polar surface area (TPSA) is 139 Å². The molecule has 0 aromatic heterocycles. The van der Waals surface area contributed by atoms with Crippen LogP contribution in [0, 0.1) is 0 Å². The second kappa shape index (κ2) is 17.1. The van der Waals surface area contributed by atoms with E-state index in [-0.39, 0.29) is 60.5 Å². The number of carboxylic acid groups (broad SMARTS) is 1. The van der Waals surface area contributed by atoms with E-state index in [4.69, 9.17) is 5.21 Å². The molecule has 9 heteroatoms. The minimum atomic E-state index is -1.32. The van der Waals surface area contributed by atoms with Crippen molar-refractivity contribution in [2.45, 2.75) is 76.7 Å². The Kier molecular flexibility index (Phi) is 16.2. The quantitative estimate of drug-likeness (QED) is 0.117. The Morgan fingerprint density at radius 1 is 0.900 bits per heavy atom. The largest absolute Gasteiger partial charge is 1.00 e. The van der Waals surface area contributed by atoms with Gasteiger partial charge in [-0.3, -0.25) is 14.8 Å². The van der Waals surface area contributed by atoms with Crippen molar-refractivity contribution in [3.63, 3.8) is 0 Å². The molecule has 0 unspecified atom stereocenters. The summed E-state index contributed by atoms with van der Waals surface area (Å²) < 4.78 is 0. The number of hydrogen-bond acceptors (Lipinski definition) is 6. The molecule has 0 aliphatic carbocycles. The number of hydrogen-bond donors (Lipinski definition) is 4. The summed E-state index contributed by atoms with van der Waals surface area (Å²) in [6.45, 7) is 0. The molecule has 0 aliphatic rings. The number of rotatable bonds is 15. The van der Waals surface area contributed by atoms with Crippen molar-refractivity contribution in [2.24, 2.45) is 0 Å². The number of unbranched alkanes of at least 4 members (excludes halogenated alkanes) is 6. The average molecular weight is 430 g/mol. The van der Waals surface area contributed by atoms with Crippen LogP contribution in [0.25, 0.3) is 0 Å². The van der Waals surface area contributed by atoms with Crippen molar-refractivity contribution < 1.29 is 59.4 Å². The van der Waals surface area contributed by atoms with Crippen LogP contribution in [0.3, 0.4) is 0 Å². The molecule has 1 aromatic rings. The minimum absolute atomic E-state index is 0. The van der Waals surface area contributed by atoms with Crippen LogP contribution in [0.15, 0.2) is 24.3 Å². The van der Waals surface area contributed by atoms with Crippen molar-refractivity contribution in [3.8, 4) is 5.75 Å². The molecule has 1 atom stereocenters. The van der Waals surface area contributed by atoms with Gasteiger partial charge >= 0.3 is 29.6 Å². The molecule has 0 saturated carbocycles. The average Bonchev–Trinajstić information content (AvgIpc) is 2.70. The van der Waals surface area contributed by atoms with E-state index in [1.165, 1.54) is 11.0 Å². The molecule has 4 N–H and O–H groups in total. The van der Waals surface area contributed by atoms with Gasteiger partial charge < -0.3 is 20.3 Å².